The molecule has 20 heavy (non-hydrogen) atoms. The molecule has 5 heteroatoms. The molecule has 2 fully saturated rings. The topological polar surface area (TPSA) is 85.2 Å². The van der Waals surface area contributed by atoms with E-state index < -0.39 is 0 Å². The van der Waals surface area contributed by atoms with E-state index in [1.807, 2.05) is 6.07 Å². The summed E-state index contributed by atoms with van der Waals surface area (Å²) in [5.41, 5.74) is 7.06. The highest BCUT2D eigenvalue weighted by Gasteiger charge is 2.48. The number of aromatic nitrogens is 2. The lowest BCUT2D eigenvalue weighted by Crippen LogP contribution is -2.34. The monoisotopic (exact) mass is 271 g/mol. The van der Waals surface area contributed by atoms with Gasteiger partial charge in [-0.15, -0.1) is 0 Å². The Balaban J connectivity index is 1.66. The number of hydrogen-bond acceptors (Lipinski definition) is 5. The fraction of sp³-hybridized carbons (Fsp3) is 0.467. The molecule has 1 aromatic heterocycles. The van der Waals surface area contributed by atoms with Crippen LogP contribution >= 0.6 is 0 Å². The van der Waals surface area contributed by atoms with E-state index in [1.165, 1.54) is 19.3 Å². The van der Waals surface area contributed by atoms with Crippen molar-refractivity contribution in [2.24, 2.45) is 17.6 Å². The van der Waals surface area contributed by atoms with Crippen LogP contribution in [-0.2, 0) is 0 Å². The molecule has 2 bridgehead atoms. The van der Waals surface area contributed by atoms with Gasteiger partial charge in [0.15, 0.2) is 0 Å². The standard InChI is InChI=1S/C15H17N3O2/c16-13-9-5-4-8(6-9)12(13)15-17-14(18-20-15)10-2-1-3-11(19)7-10/h1-3,7-9,12-13,19H,4-6,16H2. The van der Waals surface area contributed by atoms with Gasteiger partial charge in [-0.3, -0.25) is 0 Å². The SMILES string of the molecule is NC1C2CCC(C2)C1c1nc(-c2cccc(O)c2)no1. The summed E-state index contributed by atoms with van der Waals surface area (Å²) >= 11 is 0. The van der Waals surface area contributed by atoms with Crippen LogP contribution < -0.4 is 5.73 Å². The first kappa shape index (κ1) is 11.9. The first-order valence-corrected chi connectivity index (χ1v) is 7.11. The Morgan fingerprint density at radius 1 is 1.25 bits per heavy atom. The van der Waals surface area contributed by atoms with Crippen LogP contribution in [0.5, 0.6) is 5.75 Å². The Kier molecular flexibility index (Phi) is 2.57. The van der Waals surface area contributed by atoms with E-state index in [2.05, 4.69) is 10.1 Å². The molecule has 0 aliphatic heterocycles. The molecule has 2 saturated carbocycles. The molecular formula is C15H17N3O2. The molecule has 4 rings (SSSR count). The fourth-order valence-corrected chi connectivity index (χ4v) is 3.84. The van der Waals surface area contributed by atoms with Crippen molar-refractivity contribution in [3.05, 3.63) is 30.2 Å². The van der Waals surface area contributed by atoms with E-state index in [-0.39, 0.29) is 17.7 Å². The van der Waals surface area contributed by atoms with E-state index in [0.717, 1.165) is 5.56 Å². The maximum atomic E-state index is 9.51. The maximum Gasteiger partial charge on any atom is 0.231 e. The van der Waals surface area contributed by atoms with Crippen LogP contribution in [0, 0.1) is 11.8 Å². The van der Waals surface area contributed by atoms with Gasteiger partial charge in [-0.2, -0.15) is 4.98 Å². The Morgan fingerprint density at radius 3 is 2.85 bits per heavy atom. The third-order valence-electron chi connectivity index (χ3n) is 4.81. The number of phenolic OH excluding ortho intramolecular Hbond substituents is 1. The summed E-state index contributed by atoms with van der Waals surface area (Å²) in [7, 11) is 0. The maximum absolute atomic E-state index is 9.51. The van der Waals surface area contributed by atoms with Gasteiger partial charge in [0.25, 0.3) is 0 Å². The highest BCUT2D eigenvalue weighted by atomic mass is 16.5. The number of aromatic hydroxyl groups is 1. The molecule has 2 aliphatic rings. The first-order valence-electron chi connectivity index (χ1n) is 7.11. The van der Waals surface area contributed by atoms with Crippen molar-refractivity contribution in [2.45, 2.75) is 31.2 Å². The zero-order valence-electron chi connectivity index (χ0n) is 11.1. The van der Waals surface area contributed by atoms with Gasteiger partial charge in [-0.25, -0.2) is 0 Å². The summed E-state index contributed by atoms with van der Waals surface area (Å²) in [6.45, 7) is 0. The molecule has 0 amide bonds. The molecular weight excluding hydrogens is 254 g/mol. The van der Waals surface area contributed by atoms with Crippen molar-refractivity contribution in [2.75, 3.05) is 0 Å². The number of fused-ring (bicyclic) bond motifs is 2. The number of nitrogens with zero attached hydrogens (tertiary/aromatic N) is 2. The Morgan fingerprint density at radius 2 is 2.10 bits per heavy atom. The van der Waals surface area contributed by atoms with Crippen LogP contribution in [0.25, 0.3) is 11.4 Å². The Labute approximate surface area is 116 Å². The van der Waals surface area contributed by atoms with Crippen molar-refractivity contribution >= 4 is 0 Å². The molecule has 5 nitrogen and oxygen atoms in total. The predicted octanol–water partition coefficient (Wildman–Crippen LogP) is 2.28. The van der Waals surface area contributed by atoms with E-state index >= 15 is 0 Å². The fourth-order valence-electron chi connectivity index (χ4n) is 3.84. The van der Waals surface area contributed by atoms with Crippen LogP contribution in [0.3, 0.4) is 0 Å². The Hall–Kier alpha value is -1.88. The summed E-state index contributed by atoms with van der Waals surface area (Å²) in [5, 5.41) is 13.6. The average molecular weight is 271 g/mol. The van der Waals surface area contributed by atoms with E-state index in [1.54, 1.807) is 18.2 Å². The van der Waals surface area contributed by atoms with E-state index in [0.29, 0.717) is 23.6 Å². The van der Waals surface area contributed by atoms with Gasteiger partial charge in [0.1, 0.15) is 5.75 Å². The molecule has 4 atom stereocenters. The molecule has 104 valence electrons. The zero-order chi connectivity index (χ0) is 13.7. The molecule has 2 aliphatic carbocycles. The summed E-state index contributed by atoms with van der Waals surface area (Å²) in [6.07, 6.45) is 3.64. The summed E-state index contributed by atoms with van der Waals surface area (Å²) in [4.78, 5) is 4.50. The van der Waals surface area contributed by atoms with Crippen molar-refractivity contribution in [3.8, 4) is 17.1 Å². The second kappa shape index (κ2) is 4.31. The molecule has 0 spiro atoms. The molecule has 4 unspecified atom stereocenters. The van der Waals surface area contributed by atoms with Crippen LogP contribution in [-0.4, -0.2) is 21.3 Å². The normalized spacial score (nSPS) is 31.9. The molecule has 0 saturated heterocycles. The molecule has 1 aromatic carbocycles. The predicted molar refractivity (Wildman–Crippen MR) is 72.9 cm³/mol. The highest BCUT2D eigenvalue weighted by Crippen LogP contribution is 2.51. The van der Waals surface area contributed by atoms with Gasteiger partial charge >= 0.3 is 0 Å². The molecule has 0 radical (unpaired) electrons. The van der Waals surface area contributed by atoms with Crippen molar-refractivity contribution in [1.29, 1.82) is 0 Å². The van der Waals surface area contributed by atoms with Crippen molar-refractivity contribution < 1.29 is 9.63 Å². The van der Waals surface area contributed by atoms with E-state index in [4.69, 9.17) is 10.3 Å². The molecule has 1 heterocycles. The van der Waals surface area contributed by atoms with Crippen LogP contribution in [0.1, 0.15) is 31.1 Å². The summed E-state index contributed by atoms with van der Waals surface area (Å²) in [5.74, 6) is 2.78. The minimum atomic E-state index is 0.145. The third kappa shape index (κ3) is 1.73. The van der Waals surface area contributed by atoms with Crippen molar-refractivity contribution in [1.82, 2.24) is 10.1 Å². The zero-order valence-corrected chi connectivity index (χ0v) is 11.1. The van der Waals surface area contributed by atoms with Gasteiger partial charge in [0, 0.05) is 11.6 Å². The average Bonchev–Trinajstić information content (AvgIpc) is 3.13. The minimum absolute atomic E-state index is 0.145. The largest absolute Gasteiger partial charge is 0.508 e. The van der Waals surface area contributed by atoms with Gasteiger partial charge < -0.3 is 15.4 Å². The molecule has 3 N–H and O–H groups in total. The number of hydrogen-bond donors (Lipinski definition) is 2. The first-order chi connectivity index (χ1) is 9.72. The quantitative estimate of drug-likeness (QED) is 0.875. The highest BCUT2D eigenvalue weighted by molar-refractivity contribution is 5.56. The number of benzene rings is 1. The van der Waals surface area contributed by atoms with Gasteiger partial charge in [0.05, 0.1) is 5.92 Å². The van der Waals surface area contributed by atoms with E-state index in [9.17, 15) is 5.11 Å². The Bertz CT molecular complexity index is 638. The number of nitrogens with two attached hydrogens (primary N) is 1. The second-order valence-electron chi connectivity index (χ2n) is 5.94. The van der Waals surface area contributed by atoms with Crippen LogP contribution in [0.15, 0.2) is 28.8 Å². The summed E-state index contributed by atoms with van der Waals surface area (Å²) in [6, 6.07) is 7.02. The smallest absolute Gasteiger partial charge is 0.231 e. The summed E-state index contributed by atoms with van der Waals surface area (Å²) < 4.78 is 5.44. The lowest BCUT2D eigenvalue weighted by atomic mass is 9.85. The van der Waals surface area contributed by atoms with Gasteiger partial charge in [-0.1, -0.05) is 17.3 Å². The minimum Gasteiger partial charge on any atom is -0.508 e. The van der Waals surface area contributed by atoms with Gasteiger partial charge in [-0.05, 0) is 43.2 Å². The lowest BCUT2D eigenvalue weighted by molar-refractivity contribution is 0.279. The third-order valence-corrected chi connectivity index (χ3v) is 4.81. The van der Waals surface area contributed by atoms with Crippen LogP contribution in [0.4, 0.5) is 0 Å². The van der Waals surface area contributed by atoms with Gasteiger partial charge in [0.2, 0.25) is 11.7 Å². The van der Waals surface area contributed by atoms with Crippen molar-refractivity contribution in [3.63, 3.8) is 0 Å². The second-order valence-corrected chi connectivity index (χ2v) is 5.94. The molecule has 2 aromatic rings. The van der Waals surface area contributed by atoms with Crippen LogP contribution in [0.2, 0.25) is 0 Å². The lowest BCUT2D eigenvalue weighted by Gasteiger charge is -2.24. The number of rotatable bonds is 2. The number of phenols is 1.